The minimum absolute atomic E-state index is 0.680. The van der Waals surface area contributed by atoms with Gasteiger partial charge in [0.25, 0.3) is 0 Å². The van der Waals surface area contributed by atoms with Crippen LogP contribution in [0.5, 0.6) is 0 Å². The number of anilines is 1. The third kappa shape index (κ3) is 2.62. The number of nitrogens with zero attached hydrogens (tertiary/aromatic N) is 1. The van der Waals surface area contributed by atoms with Crippen LogP contribution in [-0.4, -0.2) is 11.5 Å². The van der Waals surface area contributed by atoms with Crippen LogP contribution in [0.2, 0.25) is 0 Å². The first kappa shape index (κ1) is 12.9. The van der Waals surface area contributed by atoms with E-state index in [0.717, 1.165) is 23.0 Å². The molecular weight excluding hydrogens is 300 g/mol. The second kappa shape index (κ2) is 5.12. The molecule has 0 radical (unpaired) electrons. The molecule has 2 aromatic rings. The van der Waals surface area contributed by atoms with Crippen LogP contribution >= 0.6 is 15.9 Å². The number of rotatable bonds is 4. The van der Waals surface area contributed by atoms with E-state index in [1.807, 2.05) is 0 Å². The second-order valence-corrected chi connectivity index (χ2v) is 6.29. The number of hydrogen-bond donors (Lipinski definition) is 1. The largest absolute Gasteiger partial charge is 0.384 e. The summed E-state index contributed by atoms with van der Waals surface area (Å²) in [5, 5.41) is 4.78. The van der Waals surface area contributed by atoms with Gasteiger partial charge in [-0.15, -0.1) is 0 Å². The zero-order chi connectivity index (χ0) is 13.4. The molecule has 0 amide bonds. The number of aromatic nitrogens is 1. The highest BCUT2D eigenvalue weighted by Crippen LogP contribution is 2.42. The number of nitrogens with one attached hydrogen (secondary N) is 1. The molecule has 0 unspecified atom stereocenters. The number of fused-ring (bicyclic) bond motifs is 1. The summed E-state index contributed by atoms with van der Waals surface area (Å²) in [4.78, 5) is 4.86. The molecule has 3 heteroatoms. The predicted octanol–water partition coefficient (Wildman–Crippen LogP) is 5.01. The molecule has 0 bridgehead atoms. The molecule has 0 atom stereocenters. The molecule has 100 valence electrons. The van der Waals surface area contributed by atoms with Gasteiger partial charge in [0.2, 0.25) is 0 Å². The van der Waals surface area contributed by atoms with Crippen molar-refractivity contribution in [3.63, 3.8) is 0 Å². The molecule has 3 rings (SSSR count). The van der Waals surface area contributed by atoms with Crippen molar-refractivity contribution in [2.75, 3.05) is 11.9 Å². The van der Waals surface area contributed by atoms with E-state index >= 15 is 0 Å². The molecule has 1 aromatic heterocycles. The summed E-state index contributed by atoms with van der Waals surface area (Å²) >= 11 is 3.66. The quantitative estimate of drug-likeness (QED) is 0.857. The van der Waals surface area contributed by atoms with E-state index in [-0.39, 0.29) is 0 Å². The van der Waals surface area contributed by atoms with Gasteiger partial charge in [-0.05, 0) is 65.9 Å². The van der Waals surface area contributed by atoms with Crippen LogP contribution < -0.4 is 5.32 Å². The van der Waals surface area contributed by atoms with Gasteiger partial charge in [0.15, 0.2) is 0 Å². The fourth-order valence-corrected chi connectivity index (χ4v) is 3.10. The topological polar surface area (TPSA) is 24.9 Å². The van der Waals surface area contributed by atoms with E-state index < -0.39 is 0 Å². The zero-order valence-corrected chi connectivity index (χ0v) is 13.0. The maximum atomic E-state index is 4.86. The predicted molar refractivity (Wildman–Crippen MR) is 84.9 cm³/mol. The van der Waals surface area contributed by atoms with Gasteiger partial charge < -0.3 is 5.32 Å². The van der Waals surface area contributed by atoms with Crippen LogP contribution in [0.3, 0.4) is 0 Å². The van der Waals surface area contributed by atoms with E-state index in [2.05, 4.69) is 53.3 Å². The van der Waals surface area contributed by atoms with Gasteiger partial charge in [-0.25, -0.2) is 0 Å². The maximum absolute atomic E-state index is 4.86. The van der Waals surface area contributed by atoms with E-state index in [9.17, 15) is 0 Å². The Morgan fingerprint density at radius 1 is 1.32 bits per heavy atom. The Morgan fingerprint density at radius 3 is 2.79 bits per heavy atom. The van der Waals surface area contributed by atoms with Crippen molar-refractivity contribution in [1.29, 1.82) is 0 Å². The van der Waals surface area contributed by atoms with Crippen LogP contribution in [0.25, 0.3) is 10.9 Å². The van der Waals surface area contributed by atoms with E-state index in [1.54, 1.807) is 0 Å². The number of halogens is 1. The zero-order valence-electron chi connectivity index (χ0n) is 11.5. The SMILES string of the molecule is CCCNc1cc(C2CC2)nc2c(Br)cc(C)cc12. The molecule has 0 spiro atoms. The lowest BCUT2D eigenvalue weighted by Crippen LogP contribution is -2.03. The van der Waals surface area contributed by atoms with Gasteiger partial charge in [-0.3, -0.25) is 4.98 Å². The Kier molecular flexibility index (Phi) is 3.48. The summed E-state index contributed by atoms with van der Waals surface area (Å²) in [7, 11) is 0. The minimum atomic E-state index is 0.680. The number of benzene rings is 1. The van der Waals surface area contributed by atoms with Crippen molar-refractivity contribution in [2.24, 2.45) is 0 Å². The molecule has 2 nitrogen and oxygen atoms in total. The number of hydrogen-bond acceptors (Lipinski definition) is 2. The fourth-order valence-electron chi connectivity index (χ4n) is 2.43. The molecule has 1 heterocycles. The third-order valence-electron chi connectivity index (χ3n) is 3.59. The first-order valence-corrected chi connectivity index (χ1v) is 7.83. The summed E-state index contributed by atoms with van der Waals surface area (Å²) in [6, 6.07) is 6.62. The normalized spacial score (nSPS) is 14.9. The molecule has 1 fully saturated rings. The van der Waals surface area contributed by atoms with Crippen LogP contribution in [-0.2, 0) is 0 Å². The molecule has 19 heavy (non-hydrogen) atoms. The van der Waals surface area contributed by atoms with Crippen LogP contribution in [0.1, 0.15) is 43.4 Å². The van der Waals surface area contributed by atoms with Gasteiger partial charge in [-0.2, -0.15) is 0 Å². The molecular formula is C16H19BrN2. The Hall–Kier alpha value is -1.09. The Bertz CT molecular complexity index is 618. The standard InChI is InChI=1S/C16H19BrN2/c1-3-6-18-15-9-14(11-4-5-11)19-16-12(15)7-10(2)8-13(16)17/h7-9,11H,3-6H2,1-2H3,(H,18,19). The summed E-state index contributed by atoms with van der Waals surface area (Å²) in [5.41, 5.74) is 4.84. The maximum Gasteiger partial charge on any atom is 0.0868 e. The van der Waals surface area contributed by atoms with Crippen molar-refractivity contribution < 1.29 is 0 Å². The first-order valence-electron chi connectivity index (χ1n) is 7.03. The monoisotopic (exact) mass is 318 g/mol. The van der Waals surface area contributed by atoms with Gasteiger partial charge in [0.1, 0.15) is 0 Å². The van der Waals surface area contributed by atoms with Gasteiger partial charge in [-0.1, -0.05) is 6.92 Å². The molecule has 1 aliphatic rings. The summed E-state index contributed by atoms with van der Waals surface area (Å²) < 4.78 is 1.10. The molecule has 1 aromatic carbocycles. The van der Waals surface area contributed by atoms with E-state index in [1.165, 1.54) is 35.2 Å². The van der Waals surface area contributed by atoms with Crippen molar-refractivity contribution in [2.45, 2.75) is 39.0 Å². The lowest BCUT2D eigenvalue weighted by molar-refractivity contribution is 0.976. The van der Waals surface area contributed by atoms with Gasteiger partial charge in [0.05, 0.1) is 5.52 Å². The van der Waals surface area contributed by atoms with Gasteiger partial charge >= 0.3 is 0 Å². The summed E-state index contributed by atoms with van der Waals surface area (Å²) in [5.74, 6) is 0.680. The Labute approximate surface area is 122 Å². The molecule has 1 N–H and O–H groups in total. The summed E-state index contributed by atoms with van der Waals surface area (Å²) in [6.45, 7) is 5.33. The van der Waals surface area contributed by atoms with Crippen molar-refractivity contribution in [3.05, 3.63) is 33.9 Å². The van der Waals surface area contributed by atoms with Crippen LogP contribution in [0.4, 0.5) is 5.69 Å². The smallest absolute Gasteiger partial charge is 0.0868 e. The third-order valence-corrected chi connectivity index (χ3v) is 4.20. The van der Waals surface area contributed by atoms with E-state index in [0.29, 0.717) is 5.92 Å². The van der Waals surface area contributed by atoms with Crippen LogP contribution in [0, 0.1) is 6.92 Å². The Morgan fingerprint density at radius 2 is 2.11 bits per heavy atom. The average Bonchev–Trinajstić information content (AvgIpc) is 3.20. The highest BCUT2D eigenvalue weighted by molar-refractivity contribution is 9.10. The molecule has 1 saturated carbocycles. The van der Waals surface area contributed by atoms with Crippen LogP contribution in [0.15, 0.2) is 22.7 Å². The van der Waals surface area contributed by atoms with Crippen molar-refractivity contribution >= 4 is 32.5 Å². The van der Waals surface area contributed by atoms with Gasteiger partial charge in [0, 0.05) is 33.7 Å². The second-order valence-electron chi connectivity index (χ2n) is 5.44. The number of pyridine rings is 1. The lowest BCUT2D eigenvalue weighted by Gasteiger charge is -2.13. The first-order chi connectivity index (χ1) is 9.19. The number of aryl methyl sites for hydroxylation is 1. The average molecular weight is 319 g/mol. The van der Waals surface area contributed by atoms with Crippen molar-refractivity contribution in [1.82, 2.24) is 4.98 Å². The van der Waals surface area contributed by atoms with Crippen molar-refractivity contribution in [3.8, 4) is 0 Å². The van der Waals surface area contributed by atoms with E-state index in [4.69, 9.17) is 4.98 Å². The summed E-state index contributed by atoms with van der Waals surface area (Å²) in [6.07, 6.45) is 3.71. The Balaban J connectivity index is 2.17. The minimum Gasteiger partial charge on any atom is -0.384 e. The highest BCUT2D eigenvalue weighted by atomic mass is 79.9. The fraction of sp³-hybridized carbons (Fsp3) is 0.438. The lowest BCUT2D eigenvalue weighted by atomic mass is 10.1. The molecule has 0 saturated heterocycles. The highest BCUT2D eigenvalue weighted by Gasteiger charge is 2.26. The molecule has 1 aliphatic carbocycles. The molecule has 0 aliphatic heterocycles.